The summed E-state index contributed by atoms with van der Waals surface area (Å²) in [5, 5.41) is 0. The van der Waals surface area contributed by atoms with Gasteiger partial charge in [-0.2, -0.15) is 0 Å². The first kappa shape index (κ1) is 9.90. The molecule has 0 aliphatic carbocycles. The molecular weight excluding hydrogens is 148 g/mol. The van der Waals surface area contributed by atoms with Gasteiger partial charge in [-0.05, 0) is 0 Å². The number of nitrogens with two attached hydrogens (primary N) is 1. The lowest BCUT2D eigenvalue weighted by molar-refractivity contribution is -0.145. The van der Waals surface area contributed by atoms with Crippen molar-refractivity contribution < 1.29 is 14.3 Å². The summed E-state index contributed by atoms with van der Waals surface area (Å²) in [4.78, 5) is 22.6. The van der Waals surface area contributed by atoms with Crippen molar-refractivity contribution in [3.8, 4) is 0 Å². The lowest BCUT2D eigenvalue weighted by atomic mass is 10.5. The number of hydrogen-bond acceptors (Lipinski definition) is 4. The van der Waals surface area contributed by atoms with E-state index in [1.807, 2.05) is 0 Å². The smallest absolute Gasteiger partial charge is 0.325 e. The van der Waals surface area contributed by atoms with Crippen molar-refractivity contribution >= 4 is 11.9 Å². The molecule has 0 saturated heterocycles. The number of nitrogens with zero attached hydrogens (tertiary/aromatic N) is 1. The maximum absolute atomic E-state index is 10.8. The van der Waals surface area contributed by atoms with Gasteiger partial charge in [0.05, 0.1) is 13.7 Å². The Balaban J connectivity index is 3.77. The van der Waals surface area contributed by atoms with Crippen LogP contribution < -0.4 is 5.73 Å². The minimum absolute atomic E-state index is 0.0491. The number of hydrogen-bond donors (Lipinski definition) is 1. The fourth-order valence-electron chi connectivity index (χ4n) is 0.502. The number of carbonyl (C=O) groups is 2. The van der Waals surface area contributed by atoms with Crippen molar-refractivity contribution in [2.45, 2.75) is 0 Å². The third-order valence-electron chi connectivity index (χ3n) is 1.19. The second-order valence-corrected chi connectivity index (χ2v) is 2.03. The van der Waals surface area contributed by atoms with Crippen molar-refractivity contribution in [1.82, 2.24) is 4.90 Å². The van der Waals surface area contributed by atoms with Crippen LogP contribution in [0.25, 0.3) is 0 Å². The van der Waals surface area contributed by atoms with Crippen LogP contribution in [-0.2, 0) is 14.3 Å². The molecule has 0 heterocycles. The van der Waals surface area contributed by atoms with E-state index in [0.717, 1.165) is 0 Å². The van der Waals surface area contributed by atoms with Crippen molar-refractivity contribution in [1.29, 1.82) is 0 Å². The zero-order valence-electron chi connectivity index (χ0n) is 6.66. The first-order chi connectivity index (χ1) is 5.11. The van der Waals surface area contributed by atoms with E-state index in [1.54, 1.807) is 0 Å². The van der Waals surface area contributed by atoms with Gasteiger partial charge in [-0.1, -0.05) is 0 Å². The molecule has 0 bridgehead atoms. The Morgan fingerprint density at radius 2 is 2.09 bits per heavy atom. The zero-order valence-corrected chi connectivity index (χ0v) is 6.66. The highest BCUT2D eigenvalue weighted by molar-refractivity contribution is 5.82. The normalized spacial score (nSPS) is 9.00. The first-order valence-electron chi connectivity index (χ1n) is 3.12. The summed E-state index contributed by atoms with van der Waals surface area (Å²) in [5.74, 6) is -0.732. The average Bonchev–Trinajstić information content (AvgIpc) is 2.02. The van der Waals surface area contributed by atoms with Gasteiger partial charge in [-0.25, -0.2) is 0 Å². The molecule has 0 aliphatic heterocycles. The molecule has 0 aromatic rings. The second kappa shape index (κ2) is 4.68. The number of likely N-dealkylation sites (N-methyl/N-ethyl adjacent to an activating group) is 1. The van der Waals surface area contributed by atoms with E-state index in [0.29, 0.717) is 0 Å². The van der Waals surface area contributed by atoms with Crippen LogP contribution in [-0.4, -0.2) is 44.0 Å². The van der Waals surface area contributed by atoms with Crippen LogP contribution in [0.3, 0.4) is 0 Å². The summed E-state index contributed by atoms with van der Waals surface area (Å²) in [5.41, 5.74) is 5.05. The Labute approximate surface area is 65.1 Å². The quantitative estimate of drug-likeness (QED) is 0.514. The highest BCUT2D eigenvalue weighted by Gasteiger charge is 2.10. The van der Waals surface area contributed by atoms with Crippen LogP contribution in [0.15, 0.2) is 0 Å². The molecule has 0 unspecified atom stereocenters. The molecule has 0 spiro atoms. The Morgan fingerprint density at radius 1 is 1.55 bits per heavy atom. The van der Waals surface area contributed by atoms with Crippen molar-refractivity contribution in [2.75, 3.05) is 27.2 Å². The highest BCUT2D eigenvalue weighted by atomic mass is 16.5. The molecule has 1 amide bonds. The monoisotopic (exact) mass is 160 g/mol. The maximum Gasteiger partial charge on any atom is 0.325 e. The summed E-state index contributed by atoms with van der Waals surface area (Å²) < 4.78 is 4.34. The molecule has 5 heteroatoms. The summed E-state index contributed by atoms with van der Waals surface area (Å²) >= 11 is 0. The molecule has 0 saturated carbocycles. The molecule has 64 valence electrons. The molecule has 0 aromatic carbocycles. The van der Waals surface area contributed by atoms with E-state index in [-0.39, 0.29) is 19.0 Å². The Bertz CT molecular complexity index is 158. The van der Waals surface area contributed by atoms with Gasteiger partial charge >= 0.3 is 5.97 Å². The molecule has 0 aromatic heterocycles. The summed E-state index contributed by atoms with van der Waals surface area (Å²) in [6.45, 7) is -0.139. The molecule has 5 nitrogen and oxygen atoms in total. The molecule has 0 atom stereocenters. The zero-order chi connectivity index (χ0) is 8.85. The molecule has 0 radical (unpaired) electrons. The van der Waals surface area contributed by atoms with E-state index >= 15 is 0 Å². The third kappa shape index (κ3) is 3.57. The van der Waals surface area contributed by atoms with Crippen LogP contribution in [0.1, 0.15) is 0 Å². The van der Waals surface area contributed by atoms with E-state index in [9.17, 15) is 9.59 Å². The van der Waals surface area contributed by atoms with E-state index in [1.165, 1.54) is 19.1 Å². The second-order valence-electron chi connectivity index (χ2n) is 2.03. The highest BCUT2D eigenvalue weighted by Crippen LogP contribution is 1.84. The van der Waals surface area contributed by atoms with Gasteiger partial charge in [-0.15, -0.1) is 0 Å². The fraction of sp³-hybridized carbons (Fsp3) is 0.667. The van der Waals surface area contributed by atoms with Gasteiger partial charge in [0.25, 0.3) is 0 Å². The minimum atomic E-state index is -0.450. The van der Waals surface area contributed by atoms with Crippen LogP contribution in [0.2, 0.25) is 0 Å². The molecular formula is C6H12N2O3. The number of carbonyl (C=O) groups excluding carboxylic acids is 2. The lowest BCUT2D eigenvalue weighted by Crippen LogP contribution is -2.36. The summed E-state index contributed by atoms with van der Waals surface area (Å²) in [7, 11) is 2.76. The van der Waals surface area contributed by atoms with Gasteiger partial charge in [-0.3, -0.25) is 9.59 Å². The number of esters is 1. The topological polar surface area (TPSA) is 72.6 Å². The molecule has 0 aliphatic rings. The number of methoxy groups -OCH3 is 1. The first-order valence-corrected chi connectivity index (χ1v) is 3.12. The van der Waals surface area contributed by atoms with E-state index in [4.69, 9.17) is 5.73 Å². The van der Waals surface area contributed by atoms with Gasteiger partial charge < -0.3 is 15.4 Å². The summed E-state index contributed by atoms with van der Waals surface area (Å²) in [6.07, 6.45) is 0. The van der Waals surface area contributed by atoms with E-state index < -0.39 is 5.97 Å². The standard InChI is InChI=1S/C6H12N2O3/c1-8(5(9)3-7)4-6(10)11-2/h3-4,7H2,1-2H3. The SMILES string of the molecule is COC(=O)CN(C)C(=O)CN. The number of rotatable bonds is 3. The van der Waals surface area contributed by atoms with Crippen molar-refractivity contribution in [3.05, 3.63) is 0 Å². The van der Waals surface area contributed by atoms with Gasteiger partial charge in [0, 0.05) is 7.05 Å². The van der Waals surface area contributed by atoms with Crippen molar-refractivity contribution in [3.63, 3.8) is 0 Å². The Hall–Kier alpha value is -1.10. The van der Waals surface area contributed by atoms with Crippen LogP contribution in [0, 0.1) is 0 Å². The Morgan fingerprint density at radius 3 is 2.45 bits per heavy atom. The predicted octanol–water partition coefficient (Wildman–Crippen LogP) is -1.42. The van der Waals surface area contributed by atoms with Gasteiger partial charge in [0.2, 0.25) is 5.91 Å². The van der Waals surface area contributed by atoms with Crippen LogP contribution >= 0.6 is 0 Å². The van der Waals surface area contributed by atoms with Crippen LogP contribution in [0.5, 0.6) is 0 Å². The minimum Gasteiger partial charge on any atom is -0.468 e. The number of amides is 1. The van der Waals surface area contributed by atoms with Gasteiger partial charge in [0.1, 0.15) is 6.54 Å². The summed E-state index contributed by atoms with van der Waals surface area (Å²) in [6, 6.07) is 0. The average molecular weight is 160 g/mol. The molecule has 0 rings (SSSR count). The lowest BCUT2D eigenvalue weighted by Gasteiger charge is -2.13. The van der Waals surface area contributed by atoms with Crippen LogP contribution in [0.4, 0.5) is 0 Å². The molecule has 0 fully saturated rings. The predicted molar refractivity (Wildman–Crippen MR) is 38.7 cm³/mol. The maximum atomic E-state index is 10.8. The molecule has 2 N–H and O–H groups in total. The Kier molecular flexibility index (Phi) is 4.21. The number of ether oxygens (including phenoxy) is 1. The van der Waals surface area contributed by atoms with Gasteiger partial charge in [0.15, 0.2) is 0 Å². The van der Waals surface area contributed by atoms with Crippen molar-refractivity contribution in [2.24, 2.45) is 5.73 Å². The fourth-order valence-corrected chi connectivity index (χ4v) is 0.502. The largest absolute Gasteiger partial charge is 0.468 e. The molecule has 11 heavy (non-hydrogen) atoms. The van der Waals surface area contributed by atoms with E-state index in [2.05, 4.69) is 4.74 Å². The third-order valence-corrected chi connectivity index (χ3v) is 1.19.